The summed E-state index contributed by atoms with van der Waals surface area (Å²) in [6.07, 6.45) is 8.34. The van der Waals surface area contributed by atoms with Crippen molar-refractivity contribution in [1.29, 1.82) is 0 Å². The average molecular weight is 894 g/mol. The Morgan fingerprint density at radius 3 is 1.77 bits per heavy atom. The monoisotopic (exact) mass is 893 g/mol. The van der Waals surface area contributed by atoms with Crippen LogP contribution in [-0.4, -0.2) is 0 Å². The van der Waals surface area contributed by atoms with E-state index in [0.717, 1.165) is 70.5 Å². The Labute approximate surface area is 409 Å². The van der Waals surface area contributed by atoms with Crippen molar-refractivity contribution in [1.82, 2.24) is 0 Å². The molecule has 0 radical (unpaired) electrons. The van der Waals surface area contributed by atoms with E-state index in [4.69, 9.17) is 4.74 Å². The second-order valence-electron chi connectivity index (χ2n) is 17.5. The second-order valence-corrected chi connectivity index (χ2v) is 17.5. The molecule has 9 aromatic carbocycles. The zero-order valence-corrected chi connectivity index (χ0v) is 40.3. The van der Waals surface area contributed by atoms with Gasteiger partial charge in [-0.05, 0) is 140 Å². The van der Waals surface area contributed by atoms with Crippen molar-refractivity contribution >= 4 is 33.3 Å². The van der Waals surface area contributed by atoms with E-state index in [1.807, 2.05) is 33.8 Å². The molecule has 0 saturated carbocycles. The molecule has 9 aromatic rings. The summed E-state index contributed by atoms with van der Waals surface area (Å²) in [7, 11) is 0. The van der Waals surface area contributed by atoms with Gasteiger partial charge in [0.15, 0.2) is 0 Å². The minimum absolute atomic E-state index is 0.488. The van der Waals surface area contributed by atoms with Gasteiger partial charge < -0.3 is 9.64 Å². The van der Waals surface area contributed by atoms with Gasteiger partial charge in [-0.2, -0.15) is 0 Å². The molecule has 2 heteroatoms. The molecule has 0 amide bonds. The molecular weight excluding hydrogens is 835 g/mol. The van der Waals surface area contributed by atoms with Crippen LogP contribution in [0.3, 0.4) is 0 Å². The number of fused-ring (bicyclic) bond motifs is 7. The fourth-order valence-electron chi connectivity index (χ4n) is 10.8. The van der Waals surface area contributed by atoms with Crippen LogP contribution >= 0.6 is 0 Å². The van der Waals surface area contributed by atoms with Gasteiger partial charge in [0.2, 0.25) is 0 Å². The molecule has 0 spiro atoms. The number of ether oxygens (including phenoxy) is 1. The maximum Gasteiger partial charge on any atom is 0.138 e. The van der Waals surface area contributed by atoms with Crippen molar-refractivity contribution < 1.29 is 4.74 Å². The number of hydrogen-bond donors (Lipinski definition) is 0. The molecule has 338 valence electrons. The second kappa shape index (κ2) is 19.7. The van der Waals surface area contributed by atoms with E-state index in [9.17, 15) is 0 Å². The van der Waals surface area contributed by atoms with Gasteiger partial charge in [0.05, 0.1) is 5.41 Å². The Balaban J connectivity index is 0.00000135. The lowest BCUT2D eigenvalue weighted by Gasteiger charge is -2.36. The molecule has 69 heavy (non-hydrogen) atoms. The predicted octanol–water partition coefficient (Wildman–Crippen LogP) is 18.6. The normalized spacial score (nSPS) is 14.0. The molecule has 1 heterocycles. The summed E-state index contributed by atoms with van der Waals surface area (Å²) < 4.78 is 6.72. The van der Waals surface area contributed by atoms with Crippen LogP contribution in [0.2, 0.25) is 0 Å². The first-order valence-corrected chi connectivity index (χ1v) is 24.9. The van der Waals surface area contributed by atoms with E-state index in [0.29, 0.717) is 0 Å². The van der Waals surface area contributed by atoms with Crippen LogP contribution in [0.5, 0.6) is 11.5 Å². The maximum atomic E-state index is 6.72. The molecule has 12 rings (SSSR count). The fraction of sp³-hybridized carbons (Fsp3) is 0.134. The lowest BCUT2D eigenvalue weighted by molar-refractivity contribution is 0.477. The summed E-state index contributed by atoms with van der Waals surface area (Å²) in [4.78, 5) is 2.49. The highest BCUT2D eigenvalue weighted by molar-refractivity contribution is 5.94. The van der Waals surface area contributed by atoms with Crippen molar-refractivity contribution in [3.05, 3.63) is 276 Å². The van der Waals surface area contributed by atoms with E-state index >= 15 is 0 Å². The number of benzene rings is 9. The Hall–Kier alpha value is -7.94. The van der Waals surface area contributed by atoms with E-state index < -0.39 is 5.41 Å². The minimum atomic E-state index is -0.488. The van der Waals surface area contributed by atoms with Crippen LogP contribution < -0.4 is 9.64 Å². The third-order valence-corrected chi connectivity index (χ3v) is 13.9. The summed E-state index contributed by atoms with van der Waals surface area (Å²) in [5.41, 5.74) is 19.2. The van der Waals surface area contributed by atoms with Crippen molar-refractivity contribution in [3.63, 3.8) is 0 Å². The summed E-state index contributed by atoms with van der Waals surface area (Å²) in [5, 5.41) is 2.29. The van der Waals surface area contributed by atoms with Gasteiger partial charge in [0, 0.05) is 28.0 Å². The molecule has 0 N–H and O–H groups in total. The van der Waals surface area contributed by atoms with Crippen molar-refractivity contribution in [2.75, 3.05) is 4.90 Å². The van der Waals surface area contributed by atoms with Gasteiger partial charge in [-0.15, -0.1) is 0 Å². The summed E-state index contributed by atoms with van der Waals surface area (Å²) in [5.74, 6) is 1.82. The highest BCUT2D eigenvalue weighted by atomic mass is 16.5. The van der Waals surface area contributed by atoms with Crippen LogP contribution in [0, 0.1) is 0 Å². The highest BCUT2D eigenvalue weighted by Gasteiger charge is 2.46. The summed E-state index contributed by atoms with van der Waals surface area (Å²) >= 11 is 0. The molecule has 2 nitrogen and oxygen atoms in total. The Morgan fingerprint density at radius 2 is 1.07 bits per heavy atom. The quantitative estimate of drug-likeness (QED) is 0.158. The first-order chi connectivity index (χ1) is 34.1. The van der Waals surface area contributed by atoms with Crippen LogP contribution in [0.15, 0.2) is 237 Å². The molecule has 3 aliphatic rings. The molecule has 2 aliphatic carbocycles. The number of allylic oxidation sites excluding steroid dienone is 5. The van der Waals surface area contributed by atoms with Crippen molar-refractivity contribution in [2.24, 2.45) is 0 Å². The SMILES string of the molecule is C=C1CCc2ccc3cc(-c4ccc(N(C5=CC=C(c6ccccc6)CC5)c5cccc(C6(c7ccccc7)c7ccccc7-c7ccccc76)c5)cc4)ccc3c2Oc2ccccc21.CC.CC. The fourth-order valence-corrected chi connectivity index (χ4v) is 10.8. The molecule has 0 bridgehead atoms. The molecule has 0 atom stereocenters. The Bertz CT molecular complexity index is 3310. The van der Waals surface area contributed by atoms with E-state index in [-0.39, 0.29) is 0 Å². The number of hydrogen-bond acceptors (Lipinski definition) is 2. The Morgan fingerprint density at radius 1 is 0.449 bits per heavy atom. The van der Waals surface area contributed by atoms with E-state index in [1.54, 1.807) is 0 Å². The number of aryl methyl sites for hydroxylation is 1. The third-order valence-electron chi connectivity index (χ3n) is 13.9. The van der Waals surface area contributed by atoms with Crippen LogP contribution in [-0.2, 0) is 11.8 Å². The van der Waals surface area contributed by atoms with Gasteiger partial charge >= 0.3 is 0 Å². The number of rotatable bonds is 7. The lowest BCUT2D eigenvalue weighted by Crippen LogP contribution is -2.29. The van der Waals surface area contributed by atoms with Crippen molar-refractivity contribution in [2.45, 2.75) is 58.8 Å². The first kappa shape index (κ1) is 44.9. The minimum Gasteiger partial charge on any atom is -0.456 e. The number of anilines is 2. The largest absolute Gasteiger partial charge is 0.456 e. The lowest BCUT2D eigenvalue weighted by atomic mass is 9.67. The zero-order valence-electron chi connectivity index (χ0n) is 40.3. The van der Waals surface area contributed by atoms with Crippen molar-refractivity contribution in [3.8, 4) is 33.8 Å². The third kappa shape index (κ3) is 8.10. The first-order valence-electron chi connectivity index (χ1n) is 24.9. The molecular formula is C67H59NO. The van der Waals surface area contributed by atoms with E-state index in [2.05, 4.69) is 230 Å². The smallest absolute Gasteiger partial charge is 0.138 e. The summed E-state index contributed by atoms with van der Waals surface area (Å²) in [6.45, 7) is 12.4. The number of para-hydroxylation sites is 1. The van der Waals surface area contributed by atoms with Crippen LogP contribution in [0.4, 0.5) is 11.4 Å². The van der Waals surface area contributed by atoms with Gasteiger partial charge in [-0.3, -0.25) is 0 Å². The topological polar surface area (TPSA) is 12.5 Å². The average Bonchev–Trinajstić information content (AvgIpc) is 3.73. The van der Waals surface area contributed by atoms with Crippen LogP contribution in [0.1, 0.15) is 85.9 Å². The van der Waals surface area contributed by atoms with Gasteiger partial charge in [-0.25, -0.2) is 0 Å². The van der Waals surface area contributed by atoms with Gasteiger partial charge in [0.1, 0.15) is 11.5 Å². The van der Waals surface area contributed by atoms with Gasteiger partial charge in [0.25, 0.3) is 0 Å². The standard InChI is InChI=1S/C63H47NO.2C2H6/c1-43-27-28-47-29-30-49-41-48(35-40-56(49)62(47)65-61-26-13-10-21-55(43)61)46-33-38-53(39-34-46)64(52-36-31-45(32-37-52)44-15-4-2-5-16-44)54-20-14-19-51(42-54)63(50-17-6-3-7-18-50)59-24-11-8-22-57(59)58-23-9-12-25-60(58)63;2*1-2/h2-26,29-31,33-36,38-42H,1,27-28,32,37H2;2*1-2H3. The molecule has 1 aliphatic heterocycles. The molecule has 0 fully saturated rings. The maximum absolute atomic E-state index is 6.72. The van der Waals surface area contributed by atoms with Gasteiger partial charge in [-0.1, -0.05) is 216 Å². The molecule has 0 aromatic heterocycles. The highest BCUT2D eigenvalue weighted by Crippen LogP contribution is 2.56. The zero-order chi connectivity index (χ0) is 47.3. The predicted molar refractivity (Wildman–Crippen MR) is 294 cm³/mol. The van der Waals surface area contributed by atoms with Crippen LogP contribution in [0.25, 0.3) is 44.2 Å². The summed E-state index contributed by atoms with van der Waals surface area (Å²) in [6, 6.07) is 77.9. The molecule has 0 saturated heterocycles. The molecule has 0 unspecified atom stereocenters. The number of nitrogens with zero attached hydrogens (tertiary/aromatic N) is 1. The van der Waals surface area contributed by atoms with E-state index in [1.165, 1.54) is 66.9 Å². The Kier molecular flexibility index (Phi) is 12.8.